The van der Waals surface area contributed by atoms with E-state index in [9.17, 15) is 9.90 Å². The van der Waals surface area contributed by atoms with E-state index in [1.54, 1.807) is 12.3 Å². The van der Waals surface area contributed by atoms with Crippen molar-refractivity contribution in [1.82, 2.24) is 15.2 Å². The van der Waals surface area contributed by atoms with E-state index in [1.165, 1.54) is 20.0 Å². The summed E-state index contributed by atoms with van der Waals surface area (Å²) in [7, 11) is 1.53. The number of phenolic OH excluding ortho intramolecular Hbond substituents is 1. The van der Waals surface area contributed by atoms with Gasteiger partial charge in [-0.1, -0.05) is 6.92 Å². The number of likely N-dealkylation sites (tertiary alicyclic amines) is 1. The molecule has 1 aromatic rings. The lowest BCUT2D eigenvalue weighted by Crippen LogP contribution is -2.42. The van der Waals surface area contributed by atoms with Crippen molar-refractivity contribution in [2.45, 2.75) is 26.3 Å². The number of morpholine rings is 1. The third-order valence-electron chi connectivity index (χ3n) is 5.41. The van der Waals surface area contributed by atoms with E-state index in [0.717, 1.165) is 37.3 Å². The normalized spacial score (nSPS) is 21.4. The molecule has 0 spiro atoms. The van der Waals surface area contributed by atoms with E-state index in [-0.39, 0.29) is 11.7 Å². The fourth-order valence-electron chi connectivity index (χ4n) is 3.89. The first kappa shape index (κ1) is 21.5. The summed E-state index contributed by atoms with van der Waals surface area (Å²) in [5.74, 6) is 1.09. The molecule has 0 aromatic heterocycles. The Kier molecular flexibility index (Phi) is 7.85. The predicted molar refractivity (Wildman–Crippen MR) is 111 cm³/mol. The maximum absolute atomic E-state index is 12.1. The summed E-state index contributed by atoms with van der Waals surface area (Å²) in [4.78, 5) is 16.5. The first-order chi connectivity index (χ1) is 14.0. The molecule has 2 aliphatic heterocycles. The van der Waals surface area contributed by atoms with Crippen LogP contribution in [0.15, 0.2) is 17.2 Å². The van der Waals surface area contributed by atoms with Gasteiger partial charge in [0.05, 0.1) is 33.1 Å². The largest absolute Gasteiger partial charge is 0.504 e. The minimum atomic E-state index is -0.156. The average Bonchev–Trinajstić information content (AvgIpc) is 2.71. The van der Waals surface area contributed by atoms with Gasteiger partial charge in [0.25, 0.3) is 5.91 Å². The van der Waals surface area contributed by atoms with Crippen LogP contribution >= 0.6 is 0 Å². The fraction of sp³-hybridized carbons (Fsp3) is 0.619. The van der Waals surface area contributed by atoms with Gasteiger partial charge >= 0.3 is 0 Å². The number of piperidine rings is 1. The van der Waals surface area contributed by atoms with Gasteiger partial charge in [-0.15, -0.1) is 0 Å². The van der Waals surface area contributed by atoms with Gasteiger partial charge < -0.3 is 14.6 Å². The second-order valence-electron chi connectivity index (χ2n) is 7.90. The number of hydrogen-bond acceptors (Lipinski definition) is 7. The van der Waals surface area contributed by atoms with E-state index in [2.05, 4.69) is 22.4 Å². The number of methoxy groups -OCH3 is 1. The molecular formula is C21H32N4O4. The zero-order valence-electron chi connectivity index (χ0n) is 17.4. The van der Waals surface area contributed by atoms with Crippen molar-refractivity contribution in [3.63, 3.8) is 0 Å². The molecule has 1 amide bonds. The Morgan fingerprint density at radius 1 is 1.34 bits per heavy atom. The Hall–Kier alpha value is -2.16. The number of hydrogen-bond donors (Lipinski definition) is 2. The minimum absolute atomic E-state index is 0.156. The third kappa shape index (κ3) is 6.42. The summed E-state index contributed by atoms with van der Waals surface area (Å²) in [6, 6.07) is 3.62. The Balaban J connectivity index is 1.61. The van der Waals surface area contributed by atoms with Crippen LogP contribution in [0.1, 0.15) is 30.9 Å². The highest BCUT2D eigenvalue weighted by molar-refractivity contribution is 5.84. The molecule has 160 valence electrons. The number of aromatic hydroxyl groups is 1. The molecule has 0 saturated carbocycles. The fourth-order valence-corrected chi connectivity index (χ4v) is 3.89. The number of carbonyl (C=O) groups excluding carboxylic acids is 1. The SMILES string of the molecule is COc1cc(C=NNC(=O)CN2CCOCC2)cc(CN2CCCC(C)C2)c1O. The van der Waals surface area contributed by atoms with Crippen molar-refractivity contribution >= 4 is 12.1 Å². The monoisotopic (exact) mass is 404 g/mol. The van der Waals surface area contributed by atoms with Gasteiger partial charge in [-0.05, 0) is 43.0 Å². The molecule has 1 atom stereocenters. The van der Waals surface area contributed by atoms with Crippen LogP contribution in [-0.4, -0.2) is 80.1 Å². The summed E-state index contributed by atoms with van der Waals surface area (Å²) in [5.41, 5.74) is 4.15. The predicted octanol–water partition coefficient (Wildman–Crippen LogP) is 1.41. The Labute approximate surface area is 172 Å². The first-order valence-corrected chi connectivity index (χ1v) is 10.3. The van der Waals surface area contributed by atoms with Crippen molar-refractivity contribution in [1.29, 1.82) is 0 Å². The number of hydrazone groups is 1. The van der Waals surface area contributed by atoms with E-state index in [1.807, 2.05) is 11.0 Å². The zero-order valence-corrected chi connectivity index (χ0v) is 17.4. The molecule has 2 fully saturated rings. The summed E-state index contributed by atoms with van der Waals surface area (Å²) in [5, 5.41) is 14.6. The van der Waals surface area contributed by atoms with E-state index in [0.29, 0.717) is 38.0 Å². The lowest BCUT2D eigenvalue weighted by Gasteiger charge is -2.31. The summed E-state index contributed by atoms with van der Waals surface area (Å²) >= 11 is 0. The van der Waals surface area contributed by atoms with Gasteiger partial charge in [0.2, 0.25) is 0 Å². The molecule has 29 heavy (non-hydrogen) atoms. The molecule has 2 N–H and O–H groups in total. The lowest BCUT2D eigenvalue weighted by atomic mass is 9.99. The highest BCUT2D eigenvalue weighted by Crippen LogP contribution is 2.32. The number of phenols is 1. The molecule has 1 unspecified atom stereocenters. The van der Waals surface area contributed by atoms with E-state index < -0.39 is 0 Å². The topological polar surface area (TPSA) is 86.6 Å². The lowest BCUT2D eigenvalue weighted by molar-refractivity contribution is -0.123. The van der Waals surface area contributed by atoms with Crippen LogP contribution in [-0.2, 0) is 16.1 Å². The number of benzene rings is 1. The Morgan fingerprint density at radius 3 is 2.86 bits per heavy atom. The zero-order chi connectivity index (χ0) is 20.6. The maximum Gasteiger partial charge on any atom is 0.254 e. The number of nitrogens with zero attached hydrogens (tertiary/aromatic N) is 3. The van der Waals surface area contributed by atoms with Crippen LogP contribution in [0.4, 0.5) is 0 Å². The quantitative estimate of drug-likeness (QED) is 0.528. The van der Waals surface area contributed by atoms with E-state index >= 15 is 0 Å². The summed E-state index contributed by atoms with van der Waals surface area (Å²) in [6.07, 6.45) is 4.01. The van der Waals surface area contributed by atoms with Gasteiger partial charge in [-0.3, -0.25) is 14.6 Å². The summed E-state index contributed by atoms with van der Waals surface area (Å²) in [6.45, 7) is 8.10. The average molecular weight is 405 g/mol. The molecule has 2 heterocycles. The van der Waals surface area contributed by atoms with Crippen LogP contribution in [0.5, 0.6) is 11.5 Å². The molecule has 0 radical (unpaired) electrons. The number of nitrogens with one attached hydrogen (secondary N) is 1. The molecule has 8 nitrogen and oxygen atoms in total. The number of ether oxygens (including phenoxy) is 2. The van der Waals surface area contributed by atoms with Crippen LogP contribution < -0.4 is 10.2 Å². The van der Waals surface area contributed by atoms with Gasteiger partial charge in [0.15, 0.2) is 11.5 Å². The number of rotatable bonds is 7. The molecule has 1 aromatic carbocycles. The number of carbonyl (C=O) groups is 1. The molecule has 0 bridgehead atoms. The van der Waals surface area contributed by atoms with Crippen LogP contribution in [0, 0.1) is 5.92 Å². The highest BCUT2D eigenvalue weighted by atomic mass is 16.5. The van der Waals surface area contributed by atoms with Crippen molar-refractivity contribution < 1.29 is 19.4 Å². The molecule has 2 aliphatic rings. The van der Waals surface area contributed by atoms with Crippen molar-refractivity contribution in [3.8, 4) is 11.5 Å². The molecular weight excluding hydrogens is 372 g/mol. The minimum Gasteiger partial charge on any atom is -0.504 e. The van der Waals surface area contributed by atoms with Crippen molar-refractivity contribution in [3.05, 3.63) is 23.3 Å². The first-order valence-electron chi connectivity index (χ1n) is 10.3. The third-order valence-corrected chi connectivity index (χ3v) is 5.41. The van der Waals surface area contributed by atoms with Gasteiger partial charge in [-0.25, -0.2) is 5.43 Å². The van der Waals surface area contributed by atoms with Crippen LogP contribution in [0.25, 0.3) is 0 Å². The molecule has 3 rings (SSSR count). The molecule has 0 aliphatic carbocycles. The second-order valence-corrected chi connectivity index (χ2v) is 7.90. The van der Waals surface area contributed by atoms with Crippen molar-refractivity contribution in [2.24, 2.45) is 11.0 Å². The highest BCUT2D eigenvalue weighted by Gasteiger charge is 2.19. The Morgan fingerprint density at radius 2 is 2.14 bits per heavy atom. The van der Waals surface area contributed by atoms with Gasteiger partial charge in [0.1, 0.15) is 0 Å². The van der Waals surface area contributed by atoms with Crippen molar-refractivity contribution in [2.75, 3.05) is 53.0 Å². The molecule has 8 heteroatoms. The smallest absolute Gasteiger partial charge is 0.254 e. The summed E-state index contributed by atoms with van der Waals surface area (Å²) < 4.78 is 10.6. The standard InChI is InChI=1S/C21H32N4O4/c1-16-4-3-5-25(13-16)14-18-10-17(11-19(28-2)21(18)27)12-22-23-20(26)15-24-6-8-29-9-7-24/h10-12,16,27H,3-9,13-15H2,1-2H3,(H,23,26). The van der Waals surface area contributed by atoms with Crippen LogP contribution in [0.3, 0.4) is 0 Å². The molecule has 2 saturated heterocycles. The van der Waals surface area contributed by atoms with E-state index in [4.69, 9.17) is 9.47 Å². The van der Waals surface area contributed by atoms with Crippen LogP contribution in [0.2, 0.25) is 0 Å². The van der Waals surface area contributed by atoms with Gasteiger partial charge in [-0.2, -0.15) is 5.10 Å². The second kappa shape index (κ2) is 10.6. The Bertz CT molecular complexity index is 719. The maximum atomic E-state index is 12.1. The number of amides is 1. The van der Waals surface area contributed by atoms with Gasteiger partial charge in [0, 0.05) is 31.7 Å².